The highest BCUT2D eigenvalue weighted by atomic mass is 35.5. The number of halogens is 1. The SMILES string of the molecule is Cc1cccc(Cl)c1Nc1nccc2ccccc12. The Kier molecular flexibility index (Phi) is 3.10. The second-order valence-electron chi connectivity index (χ2n) is 4.44. The molecular weight excluding hydrogens is 256 g/mol. The minimum atomic E-state index is 0.703. The predicted molar refractivity (Wildman–Crippen MR) is 81.2 cm³/mol. The number of para-hydroxylation sites is 1. The van der Waals surface area contributed by atoms with Gasteiger partial charge in [-0.15, -0.1) is 0 Å². The maximum absolute atomic E-state index is 6.24. The Balaban J connectivity index is 2.11. The van der Waals surface area contributed by atoms with E-state index >= 15 is 0 Å². The maximum Gasteiger partial charge on any atom is 0.138 e. The van der Waals surface area contributed by atoms with E-state index in [0.29, 0.717) is 5.02 Å². The molecule has 1 heterocycles. The van der Waals surface area contributed by atoms with Crippen LogP contribution in [0.2, 0.25) is 5.02 Å². The standard InChI is InChI=1S/C16H13ClN2/c1-11-5-4-8-14(17)15(11)19-16-13-7-3-2-6-12(13)9-10-18-16/h2-10H,1H3,(H,18,19). The first-order valence-electron chi connectivity index (χ1n) is 6.11. The minimum absolute atomic E-state index is 0.703. The van der Waals surface area contributed by atoms with E-state index in [0.717, 1.165) is 27.8 Å². The zero-order valence-electron chi connectivity index (χ0n) is 10.5. The molecule has 0 bridgehead atoms. The lowest BCUT2D eigenvalue weighted by Gasteiger charge is -2.12. The van der Waals surface area contributed by atoms with Gasteiger partial charge in [-0.25, -0.2) is 4.98 Å². The third-order valence-corrected chi connectivity index (χ3v) is 3.45. The molecule has 0 aliphatic heterocycles. The minimum Gasteiger partial charge on any atom is -0.338 e. The molecule has 0 saturated heterocycles. The van der Waals surface area contributed by atoms with Gasteiger partial charge in [-0.05, 0) is 30.0 Å². The van der Waals surface area contributed by atoms with Crippen LogP contribution in [0.4, 0.5) is 11.5 Å². The molecule has 0 amide bonds. The van der Waals surface area contributed by atoms with Gasteiger partial charge in [0.1, 0.15) is 5.82 Å². The molecule has 0 atom stereocenters. The molecule has 0 fully saturated rings. The second-order valence-corrected chi connectivity index (χ2v) is 4.84. The Bertz CT molecular complexity index is 712. The lowest BCUT2D eigenvalue weighted by atomic mass is 10.1. The van der Waals surface area contributed by atoms with E-state index in [2.05, 4.69) is 22.4 Å². The molecule has 0 spiro atoms. The van der Waals surface area contributed by atoms with Crippen LogP contribution in [-0.4, -0.2) is 4.98 Å². The highest BCUT2D eigenvalue weighted by Crippen LogP contribution is 2.30. The lowest BCUT2D eigenvalue weighted by Crippen LogP contribution is -1.97. The fraction of sp³-hybridized carbons (Fsp3) is 0.0625. The molecule has 1 aromatic heterocycles. The first-order valence-corrected chi connectivity index (χ1v) is 6.49. The van der Waals surface area contributed by atoms with E-state index in [1.807, 2.05) is 43.3 Å². The largest absolute Gasteiger partial charge is 0.338 e. The van der Waals surface area contributed by atoms with Crippen molar-refractivity contribution < 1.29 is 0 Å². The summed E-state index contributed by atoms with van der Waals surface area (Å²) in [7, 11) is 0. The van der Waals surface area contributed by atoms with E-state index in [9.17, 15) is 0 Å². The van der Waals surface area contributed by atoms with E-state index in [1.54, 1.807) is 6.20 Å². The average Bonchev–Trinajstić information content (AvgIpc) is 2.43. The summed E-state index contributed by atoms with van der Waals surface area (Å²) >= 11 is 6.24. The van der Waals surface area contributed by atoms with Gasteiger partial charge in [0.15, 0.2) is 0 Å². The van der Waals surface area contributed by atoms with Crippen LogP contribution in [0.25, 0.3) is 10.8 Å². The third kappa shape index (κ3) is 2.27. The van der Waals surface area contributed by atoms with Crippen molar-refractivity contribution in [3.63, 3.8) is 0 Å². The fourth-order valence-electron chi connectivity index (χ4n) is 2.13. The van der Waals surface area contributed by atoms with Gasteiger partial charge in [0.2, 0.25) is 0 Å². The van der Waals surface area contributed by atoms with Crippen molar-refractivity contribution in [2.24, 2.45) is 0 Å². The van der Waals surface area contributed by atoms with Crippen molar-refractivity contribution in [3.05, 3.63) is 65.3 Å². The van der Waals surface area contributed by atoms with Crippen molar-refractivity contribution in [1.82, 2.24) is 4.98 Å². The first-order chi connectivity index (χ1) is 9.25. The molecule has 0 unspecified atom stereocenters. The molecule has 0 aliphatic rings. The highest BCUT2D eigenvalue weighted by molar-refractivity contribution is 6.33. The van der Waals surface area contributed by atoms with Crippen LogP contribution < -0.4 is 5.32 Å². The molecule has 3 heteroatoms. The number of hydrogen-bond donors (Lipinski definition) is 1. The highest BCUT2D eigenvalue weighted by Gasteiger charge is 2.07. The molecule has 0 aliphatic carbocycles. The number of hydrogen-bond acceptors (Lipinski definition) is 2. The number of pyridine rings is 1. The number of anilines is 2. The average molecular weight is 269 g/mol. The van der Waals surface area contributed by atoms with E-state index < -0.39 is 0 Å². The van der Waals surface area contributed by atoms with Gasteiger partial charge in [0.25, 0.3) is 0 Å². The zero-order chi connectivity index (χ0) is 13.2. The lowest BCUT2D eigenvalue weighted by molar-refractivity contribution is 1.32. The van der Waals surface area contributed by atoms with Crippen LogP contribution in [0.5, 0.6) is 0 Å². The molecule has 19 heavy (non-hydrogen) atoms. The molecule has 94 valence electrons. The molecule has 0 radical (unpaired) electrons. The van der Waals surface area contributed by atoms with Crippen LogP contribution in [-0.2, 0) is 0 Å². The fourth-order valence-corrected chi connectivity index (χ4v) is 2.40. The summed E-state index contributed by atoms with van der Waals surface area (Å²) in [6, 6.07) is 16.0. The molecule has 3 rings (SSSR count). The maximum atomic E-state index is 6.24. The Morgan fingerprint density at radius 3 is 2.68 bits per heavy atom. The number of nitrogens with zero attached hydrogens (tertiary/aromatic N) is 1. The quantitative estimate of drug-likeness (QED) is 0.712. The third-order valence-electron chi connectivity index (χ3n) is 3.14. The van der Waals surface area contributed by atoms with Gasteiger partial charge in [0, 0.05) is 11.6 Å². The zero-order valence-corrected chi connectivity index (χ0v) is 11.3. The van der Waals surface area contributed by atoms with Crippen LogP contribution in [0.1, 0.15) is 5.56 Å². The molecule has 2 nitrogen and oxygen atoms in total. The van der Waals surface area contributed by atoms with E-state index in [-0.39, 0.29) is 0 Å². The first kappa shape index (κ1) is 12.0. The Morgan fingerprint density at radius 2 is 1.84 bits per heavy atom. The monoisotopic (exact) mass is 268 g/mol. The molecule has 1 N–H and O–H groups in total. The summed E-state index contributed by atoms with van der Waals surface area (Å²) < 4.78 is 0. The number of fused-ring (bicyclic) bond motifs is 1. The molecule has 2 aromatic carbocycles. The number of rotatable bonds is 2. The van der Waals surface area contributed by atoms with Crippen LogP contribution in [0.3, 0.4) is 0 Å². The summed E-state index contributed by atoms with van der Waals surface area (Å²) in [6.07, 6.45) is 1.80. The van der Waals surface area contributed by atoms with Crippen molar-refractivity contribution >= 4 is 33.9 Å². The van der Waals surface area contributed by atoms with Crippen molar-refractivity contribution in [2.45, 2.75) is 6.92 Å². The number of nitrogens with one attached hydrogen (secondary N) is 1. The molecular formula is C16H13ClN2. The van der Waals surface area contributed by atoms with Gasteiger partial charge in [-0.1, -0.05) is 48.0 Å². The van der Waals surface area contributed by atoms with Crippen molar-refractivity contribution in [1.29, 1.82) is 0 Å². The number of benzene rings is 2. The number of aryl methyl sites for hydroxylation is 1. The van der Waals surface area contributed by atoms with E-state index in [4.69, 9.17) is 11.6 Å². The molecule has 0 saturated carbocycles. The number of aromatic nitrogens is 1. The van der Waals surface area contributed by atoms with Gasteiger partial charge >= 0.3 is 0 Å². The van der Waals surface area contributed by atoms with Gasteiger partial charge in [0.05, 0.1) is 10.7 Å². The second kappa shape index (κ2) is 4.90. The Morgan fingerprint density at radius 1 is 1.00 bits per heavy atom. The Hall–Kier alpha value is -2.06. The summed E-state index contributed by atoms with van der Waals surface area (Å²) in [5.74, 6) is 0.828. The molecule has 3 aromatic rings. The summed E-state index contributed by atoms with van der Waals surface area (Å²) in [5.41, 5.74) is 2.01. The predicted octanol–water partition coefficient (Wildman–Crippen LogP) is 4.94. The smallest absolute Gasteiger partial charge is 0.138 e. The topological polar surface area (TPSA) is 24.9 Å². The van der Waals surface area contributed by atoms with Crippen LogP contribution >= 0.6 is 11.6 Å². The van der Waals surface area contributed by atoms with Crippen molar-refractivity contribution in [2.75, 3.05) is 5.32 Å². The van der Waals surface area contributed by atoms with Gasteiger partial charge in [-0.2, -0.15) is 0 Å². The summed E-state index contributed by atoms with van der Waals surface area (Å²) in [5, 5.41) is 6.29. The summed E-state index contributed by atoms with van der Waals surface area (Å²) in [6.45, 7) is 2.03. The normalized spacial score (nSPS) is 10.6. The van der Waals surface area contributed by atoms with Gasteiger partial charge < -0.3 is 5.32 Å². The van der Waals surface area contributed by atoms with Crippen molar-refractivity contribution in [3.8, 4) is 0 Å². The Labute approximate surface area is 117 Å². The van der Waals surface area contributed by atoms with E-state index in [1.165, 1.54) is 0 Å². The van der Waals surface area contributed by atoms with Crippen LogP contribution in [0, 0.1) is 6.92 Å². The summed E-state index contributed by atoms with van der Waals surface area (Å²) in [4.78, 5) is 4.41. The van der Waals surface area contributed by atoms with Gasteiger partial charge in [-0.3, -0.25) is 0 Å². The van der Waals surface area contributed by atoms with Crippen LogP contribution in [0.15, 0.2) is 54.7 Å².